The summed E-state index contributed by atoms with van der Waals surface area (Å²) in [7, 11) is 0. The van der Waals surface area contributed by atoms with E-state index in [1.54, 1.807) is 20.0 Å². The number of benzene rings is 1. The smallest absolute Gasteiger partial charge is 0.326 e. The van der Waals surface area contributed by atoms with Crippen molar-refractivity contribution in [2.75, 3.05) is 0 Å². The van der Waals surface area contributed by atoms with Crippen molar-refractivity contribution in [3.8, 4) is 0 Å². The third-order valence-electron chi connectivity index (χ3n) is 5.41. The highest BCUT2D eigenvalue weighted by Crippen LogP contribution is 2.19. The summed E-state index contributed by atoms with van der Waals surface area (Å²) in [6.07, 6.45) is 1.05. The van der Waals surface area contributed by atoms with Crippen LogP contribution < -0.4 is 27.4 Å². The number of carboxylic acids is 1. The molecule has 0 aliphatic rings. The highest BCUT2D eigenvalue weighted by Gasteiger charge is 2.32. The van der Waals surface area contributed by atoms with Gasteiger partial charge in [0.15, 0.2) is 0 Å². The van der Waals surface area contributed by atoms with Gasteiger partial charge in [-0.25, -0.2) is 4.79 Å². The molecule has 2 rings (SSSR count). The van der Waals surface area contributed by atoms with Crippen LogP contribution in [0, 0.1) is 5.92 Å². The fraction of sp³-hybridized carbons (Fsp3) is 0.435. The van der Waals surface area contributed by atoms with Gasteiger partial charge in [0.25, 0.3) is 0 Å². The van der Waals surface area contributed by atoms with Crippen molar-refractivity contribution in [1.29, 1.82) is 0 Å². The van der Waals surface area contributed by atoms with Gasteiger partial charge in [-0.15, -0.1) is 0 Å². The fourth-order valence-electron chi connectivity index (χ4n) is 3.48. The number of rotatable bonds is 12. The number of aromatic amines is 1. The van der Waals surface area contributed by atoms with Crippen LogP contribution in [-0.4, -0.2) is 63.9 Å². The van der Waals surface area contributed by atoms with Crippen LogP contribution in [0.4, 0.5) is 0 Å². The molecule has 1 aromatic carbocycles. The van der Waals surface area contributed by atoms with E-state index in [4.69, 9.17) is 11.5 Å². The Balaban J connectivity index is 2.18. The minimum absolute atomic E-state index is 0.0403. The van der Waals surface area contributed by atoms with E-state index in [1.807, 2.05) is 24.3 Å². The monoisotopic (exact) mass is 488 g/mol. The van der Waals surface area contributed by atoms with Crippen LogP contribution in [0.15, 0.2) is 30.5 Å². The molecule has 12 heteroatoms. The van der Waals surface area contributed by atoms with Crippen LogP contribution in [0.5, 0.6) is 0 Å². The highest BCUT2D eigenvalue weighted by atomic mass is 16.4. The number of hydrogen-bond acceptors (Lipinski definition) is 6. The second-order valence-corrected chi connectivity index (χ2v) is 8.71. The van der Waals surface area contributed by atoms with Crippen LogP contribution in [0.2, 0.25) is 0 Å². The van der Waals surface area contributed by atoms with Gasteiger partial charge in [0.1, 0.15) is 18.1 Å². The molecule has 12 nitrogen and oxygen atoms in total. The normalized spacial score (nSPS) is 14.5. The Bertz CT molecular complexity index is 1100. The van der Waals surface area contributed by atoms with Crippen LogP contribution in [0.25, 0.3) is 10.9 Å². The summed E-state index contributed by atoms with van der Waals surface area (Å²) in [5, 5.41) is 17.8. The number of H-pyrrole nitrogens is 1. The van der Waals surface area contributed by atoms with Crippen molar-refractivity contribution in [3.05, 3.63) is 36.0 Å². The molecule has 4 amide bonds. The molecule has 0 fully saturated rings. The topological polar surface area (TPSA) is 209 Å². The highest BCUT2D eigenvalue weighted by molar-refractivity contribution is 5.96. The van der Waals surface area contributed by atoms with E-state index in [0.29, 0.717) is 5.56 Å². The Morgan fingerprint density at radius 2 is 1.57 bits per heavy atom. The average Bonchev–Trinajstić information content (AvgIpc) is 3.18. The first-order valence-corrected chi connectivity index (χ1v) is 11.1. The summed E-state index contributed by atoms with van der Waals surface area (Å²) >= 11 is 0. The number of carbonyl (C=O) groups is 5. The van der Waals surface area contributed by atoms with Crippen molar-refractivity contribution >= 4 is 40.5 Å². The maximum absolute atomic E-state index is 12.9. The molecule has 0 saturated carbocycles. The first kappa shape index (κ1) is 27.3. The summed E-state index contributed by atoms with van der Waals surface area (Å²) in [6.45, 7) is 4.81. The number of amides is 4. The molecule has 4 atom stereocenters. The second kappa shape index (κ2) is 12.0. The Morgan fingerprint density at radius 3 is 2.14 bits per heavy atom. The molecule has 2 aromatic rings. The third-order valence-corrected chi connectivity index (χ3v) is 5.41. The molecule has 1 heterocycles. The van der Waals surface area contributed by atoms with Gasteiger partial charge >= 0.3 is 5.97 Å². The van der Waals surface area contributed by atoms with E-state index in [-0.39, 0.29) is 12.3 Å². The predicted molar refractivity (Wildman–Crippen MR) is 128 cm³/mol. The summed E-state index contributed by atoms with van der Waals surface area (Å²) in [4.78, 5) is 64.3. The molecule has 0 saturated heterocycles. The number of fused-ring (bicyclic) bond motifs is 1. The molecule has 1 aromatic heterocycles. The first-order valence-electron chi connectivity index (χ1n) is 11.1. The van der Waals surface area contributed by atoms with E-state index in [9.17, 15) is 29.1 Å². The van der Waals surface area contributed by atoms with Crippen molar-refractivity contribution in [3.63, 3.8) is 0 Å². The Kier molecular flexibility index (Phi) is 9.34. The molecule has 4 unspecified atom stereocenters. The van der Waals surface area contributed by atoms with Gasteiger partial charge in [-0.05, 0) is 24.5 Å². The predicted octanol–water partition coefficient (Wildman–Crippen LogP) is -0.872. The maximum Gasteiger partial charge on any atom is 0.326 e. The van der Waals surface area contributed by atoms with Crippen LogP contribution in [-0.2, 0) is 30.4 Å². The number of carbonyl (C=O) groups excluding carboxylic acids is 4. The van der Waals surface area contributed by atoms with Crippen LogP contribution in [0.3, 0.4) is 0 Å². The lowest BCUT2D eigenvalue weighted by Crippen LogP contribution is -2.58. The summed E-state index contributed by atoms with van der Waals surface area (Å²) in [5.74, 6) is -4.75. The third kappa shape index (κ3) is 7.54. The molecule has 190 valence electrons. The zero-order chi connectivity index (χ0) is 26.3. The molecule has 0 bridgehead atoms. The van der Waals surface area contributed by atoms with Crippen LogP contribution >= 0.6 is 0 Å². The number of aromatic nitrogens is 1. The number of aliphatic carboxylic acids is 1. The zero-order valence-corrected chi connectivity index (χ0v) is 19.8. The number of hydrogen-bond donors (Lipinski definition) is 7. The quantitative estimate of drug-likeness (QED) is 0.200. The Labute approximate surface area is 202 Å². The van der Waals surface area contributed by atoms with E-state index < -0.39 is 60.2 Å². The first-order chi connectivity index (χ1) is 16.4. The molecule has 0 aliphatic carbocycles. The molecule has 9 N–H and O–H groups in total. The maximum atomic E-state index is 12.9. The second-order valence-electron chi connectivity index (χ2n) is 8.71. The minimum Gasteiger partial charge on any atom is -0.480 e. The van der Waals surface area contributed by atoms with Gasteiger partial charge in [-0.3, -0.25) is 19.2 Å². The zero-order valence-electron chi connectivity index (χ0n) is 19.8. The molecule has 35 heavy (non-hydrogen) atoms. The number of para-hydroxylation sites is 1. The van der Waals surface area contributed by atoms with E-state index in [1.165, 1.54) is 6.92 Å². The molecule has 0 aliphatic heterocycles. The van der Waals surface area contributed by atoms with Crippen LogP contribution in [0.1, 0.15) is 32.8 Å². The van der Waals surface area contributed by atoms with Gasteiger partial charge in [-0.2, -0.15) is 0 Å². The largest absolute Gasteiger partial charge is 0.480 e. The number of nitrogens with one attached hydrogen (secondary N) is 4. The standard InChI is InChI=1S/C23H32N6O6/c1-11(2)19(29-20(31)12(3)24)22(33)27-16(9-18(25)30)21(32)28-17(23(34)35)8-13-10-26-15-7-5-4-6-14(13)15/h4-7,10-12,16-17,19,26H,8-9,24H2,1-3H3,(H2,25,30)(H,27,33)(H,28,32)(H,29,31)(H,34,35). The molecular formula is C23H32N6O6. The lowest BCUT2D eigenvalue weighted by molar-refractivity contribution is -0.142. The average molecular weight is 489 g/mol. The lowest BCUT2D eigenvalue weighted by Gasteiger charge is -2.26. The number of primary amides is 1. The van der Waals surface area contributed by atoms with Crippen molar-refractivity contribution in [2.24, 2.45) is 17.4 Å². The van der Waals surface area contributed by atoms with E-state index >= 15 is 0 Å². The molecule has 0 spiro atoms. The number of nitrogens with two attached hydrogens (primary N) is 2. The van der Waals surface area contributed by atoms with E-state index in [0.717, 1.165) is 10.9 Å². The van der Waals surface area contributed by atoms with Gasteiger partial charge < -0.3 is 37.5 Å². The van der Waals surface area contributed by atoms with Gasteiger partial charge in [0.2, 0.25) is 23.6 Å². The summed E-state index contributed by atoms with van der Waals surface area (Å²) in [5.41, 5.74) is 12.3. The fourth-order valence-corrected chi connectivity index (χ4v) is 3.48. The van der Waals surface area contributed by atoms with Crippen molar-refractivity contribution < 1.29 is 29.1 Å². The lowest BCUT2D eigenvalue weighted by atomic mass is 10.0. The summed E-state index contributed by atoms with van der Waals surface area (Å²) < 4.78 is 0. The van der Waals surface area contributed by atoms with E-state index in [2.05, 4.69) is 20.9 Å². The molecule has 0 radical (unpaired) electrons. The van der Waals surface area contributed by atoms with Gasteiger partial charge in [0, 0.05) is 23.5 Å². The summed E-state index contributed by atoms with van der Waals surface area (Å²) in [6, 6.07) is 2.60. The molecular weight excluding hydrogens is 456 g/mol. The number of carboxylic acid groups (broad SMARTS) is 1. The van der Waals surface area contributed by atoms with Gasteiger partial charge in [-0.1, -0.05) is 32.0 Å². The minimum atomic E-state index is -1.45. The Morgan fingerprint density at radius 1 is 0.943 bits per heavy atom. The van der Waals surface area contributed by atoms with Crippen molar-refractivity contribution in [1.82, 2.24) is 20.9 Å². The van der Waals surface area contributed by atoms with Gasteiger partial charge in [0.05, 0.1) is 12.5 Å². The SMILES string of the molecule is CC(N)C(=O)NC(C(=O)NC(CC(N)=O)C(=O)NC(Cc1c[nH]c2ccccc12)C(=O)O)C(C)C. The van der Waals surface area contributed by atoms with Crippen molar-refractivity contribution in [2.45, 2.75) is 57.8 Å². The Hall–Kier alpha value is -3.93.